The van der Waals surface area contributed by atoms with Crippen LogP contribution in [0, 0.1) is 0 Å². The number of fused-ring (bicyclic) bond motifs is 1. The molecular formula is C36H45FN6O4. The van der Waals surface area contributed by atoms with E-state index in [9.17, 15) is 14.0 Å². The van der Waals surface area contributed by atoms with Crippen molar-refractivity contribution in [3.05, 3.63) is 70.4 Å². The molecule has 2 amide bonds. The number of ether oxygens (including phenoxy) is 2. The van der Waals surface area contributed by atoms with E-state index in [1.807, 2.05) is 51.1 Å². The van der Waals surface area contributed by atoms with Gasteiger partial charge in [-0.2, -0.15) is 4.98 Å². The fraction of sp³-hybridized carbons (Fsp3) is 0.500. The Kier molecular flexibility index (Phi) is 9.79. The number of alkyl carbamates (subject to hydrolysis) is 1. The normalized spacial score (nSPS) is 20.6. The van der Waals surface area contributed by atoms with Crippen molar-refractivity contribution in [2.75, 3.05) is 31.1 Å². The molecule has 2 aromatic rings. The van der Waals surface area contributed by atoms with Crippen LogP contribution in [0.25, 0.3) is 11.5 Å². The Bertz CT molecular complexity index is 1670. The smallest absolute Gasteiger partial charge is 0.407 e. The molecule has 0 saturated carbocycles. The molecule has 6 rings (SSSR count). The number of hydrogen-bond donors (Lipinski definition) is 2. The molecular weight excluding hydrogens is 599 g/mol. The second kappa shape index (κ2) is 14.1. The third-order valence-corrected chi connectivity index (χ3v) is 8.86. The molecule has 4 aliphatic rings. The Morgan fingerprint density at radius 1 is 0.957 bits per heavy atom. The van der Waals surface area contributed by atoms with Crippen LogP contribution in [0.4, 0.5) is 15.1 Å². The Morgan fingerprint density at radius 3 is 2.45 bits per heavy atom. The van der Waals surface area contributed by atoms with E-state index in [1.54, 1.807) is 18.3 Å². The first-order chi connectivity index (χ1) is 22.6. The Labute approximate surface area is 275 Å². The summed E-state index contributed by atoms with van der Waals surface area (Å²) in [7, 11) is 0. The van der Waals surface area contributed by atoms with Crippen molar-refractivity contribution >= 4 is 29.4 Å². The van der Waals surface area contributed by atoms with E-state index < -0.39 is 17.9 Å². The number of halogens is 1. The predicted octanol–water partition coefficient (Wildman–Crippen LogP) is 4.21. The Balaban J connectivity index is 1.14. The molecule has 1 aromatic heterocycles. The number of nitrogens with zero attached hydrogens (tertiary/aromatic N) is 4. The zero-order chi connectivity index (χ0) is 33.0. The number of piperidine rings is 2. The number of nitrogens with one attached hydrogen (secondary N) is 2. The molecule has 2 fully saturated rings. The number of benzene rings is 1. The van der Waals surface area contributed by atoms with Gasteiger partial charge >= 0.3 is 6.09 Å². The van der Waals surface area contributed by atoms with Crippen molar-refractivity contribution in [1.29, 1.82) is 0 Å². The third-order valence-electron chi connectivity index (χ3n) is 8.86. The quantitative estimate of drug-likeness (QED) is 0.462. The van der Waals surface area contributed by atoms with Gasteiger partial charge in [-0.05, 0) is 71.4 Å². The highest BCUT2D eigenvalue weighted by Crippen LogP contribution is 2.27. The zero-order valence-corrected chi connectivity index (χ0v) is 27.6. The Morgan fingerprint density at radius 2 is 1.70 bits per heavy atom. The van der Waals surface area contributed by atoms with Gasteiger partial charge in [-0.1, -0.05) is 24.3 Å². The minimum Gasteiger partial charge on any atom is -0.444 e. The summed E-state index contributed by atoms with van der Waals surface area (Å²) in [5, 5.41) is 7.85. The van der Waals surface area contributed by atoms with Crippen molar-refractivity contribution in [2.45, 2.75) is 90.0 Å². The number of aromatic nitrogens is 2. The molecule has 11 heteroatoms. The molecule has 10 nitrogen and oxygen atoms in total. The molecule has 1 unspecified atom stereocenters. The molecule has 0 radical (unpaired) electrons. The van der Waals surface area contributed by atoms with E-state index in [1.165, 1.54) is 6.42 Å². The summed E-state index contributed by atoms with van der Waals surface area (Å²) in [6.45, 7) is 8.72. The number of rotatable bonds is 7. The van der Waals surface area contributed by atoms with Gasteiger partial charge in [0.2, 0.25) is 11.8 Å². The number of allylic oxidation sites excluding steroid dienone is 2. The van der Waals surface area contributed by atoms with Crippen LogP contribution in [-0.2, 0) is 9.53 Å². The first-order valence-corrected chi connectivity index (χ1v) is 16.8. The summed E-state index contributed by atoms with van der Waals surface area (Å²) in [5.74, 6) is 1.53. The van der Waals surface area contributed by atoms with E-state index in [-0.39, 0.29) is 18.4 Å². The minimum absolute atomic E-state index is 0.0294. The van der Waals surface area contributed by atoms with Crippen LogP contribution in [0.5, 0.6) is 5.88 Å². The summed E-state index contributed by atoms with van der Waals surface area (Å²) in [6, 6.07) is 9.61. The standard InChI is InChI=1S/C36H45FN6O4/c1-36(2,3)47-35(45)39-26-14-19-43(20-15-26)34-38-16-13-32(41-34)46-31-12-11-30(28-9-5-6-10-29(28)31)40-33(44)24-21-25(37)23-27(22-24)42-17-7-4-8-18-42/h5-6,9-10,13,16,22-23,25-26H,4,7-8,11-12,14-15,17-21H2,1-3H3,(H,39,45)(H,40,44). The van der Waals surface area contributed by atoms with Crippen LogP contribution in [0.2, 0.25) is 0 Å². The number of likely N-dealkylation sites (tertiary alicyclic amines) is 1. The highest BCUT2D eigenvalue weighted by molar-refractivity contribution is 5.98. The highest BCUT2D eigenvalue weighted by Gasteiger charge is 2.27. The SMILES string of the molecule is CC(C)(C)OC(=O)NC1CCN(c2nccc(OC3=c4ccccc4=C(NC(=O)C4=CC(N5CCCCC5)=CC(F)C4)CC3)n2)CC1. The van der Waals surface area contributed by atoms with Crippen molar-refractivity contribution in [1.82, 2.24) is 25.5 Å². The van der Waals surface area contributed by atoms with E-state index >= 15 is 0 Å². The van der Waals surface area contributed by atoms with E-state index in [0.717, 1.165) is 66.4 Å². The second-order valence-electron chi connectivity index (χ2n) is 13.6. The highest BCUT2D eigenvalue weighted by atomic mass is 19.1. The fourth-order valence-electron chi connectivity index (χ4n) is 6.56. The number of amides is 2. The van der Waals surface area contributed by atoms with Gasteiger partial charge in [-0.3, -0.25) is 4.79 Å². The molecule has 2 aliphatic heterocycles. The summed E-state index contributed by atoms with van der Waals surface area (Å²) < 4.78 is 26.5. The summed E-state index contributed by atoms with van der Waals surface area (Å²) in [4.78, 5) is 39.1. The van der Waals surface area contributed by atoms with Crippen molar-refractivity contribution in [2.24, 2.45) is 0 Å². The maximum absolute atomic E-state index is 14.8. The number of alkyl halides is 1. The maximum atomic E-state index is 14.8. The number of anilines is 1. The molecule has 1 aromatic carbocycles. The summed E-state index contributed by atoms with van der Waals surface area (Å²) in [5.41, 5.74) is 1.55. The fourth-order valence-corrected chi connectivity index (χ4v) is 6.56. The van der Waals surface area contributed by atoms with Gasteiger partial charge in [0.15, 0.2) is 0 Å². The minimum atomic E-state index is -1.17. The summed E-state index contributed by atoms with van der Waals surface area (Å²) in [6.07, 6.45) is 9.70. The first-order valence-electron chi connectivity index (χ1n) is 16.8. The van der Waals surface area contributed by atoms with Gasteiger partial charge < -0.3 is 29.9 Å². The van der Waals surface area contributed by atoms with Gasteiger partial charge in [-0.25, -0.2) is 14.2 Å². The van der Waals surface area contributed by atoms with E-state index in [2.05, 4.69) is 25.4 Å². The van der Waals surface area contributed by atoms with Crippen LogP contribution >= 0.6 is 0 Å². The maximum Gasteiger partial charge on any atom is 0.407 e. The molecule has 250 valence electrons. The molecule has 1 atom stereocenters. The topological polar surface area (TPSA) is 109 Å². The molecule has 3 heterocycles. The molecule has 0 spiro atoms. The van der Waals surface area contributed by atoms with Gasteiger partial charge in [0, 0.05) is 84.7 Å². The lowest BCUT2D eigenvalue weighted by Gasteiger charge is -2.32. The van der Waals surface area contributed by atoms with Gasteiger partial charge in [0.1, 0.15) is 17.5 Å². The number of carbonyl (C=O) groups is 2. The van der Waals surface area contributed by atoms with Crippen LogP contribution in [0.15, 0.2) is 60.0 Å². The predicted molar refractivity (Wildman–Crippen MR) is 178 cm³/mol. The van der Waals surface area contributed by atoms with E-state index in [0.29, 0.717) is 43.3 Å². The van der Waals surface area contributed by atoms with E-state index in [4.69, 9.17) is 14.5 Å². The number of carbonyl (C=O) groups excluding carboxylic acids is 2. The third kappa shape index (κ3) is 8.31. The van der Waals surface area contributed by atoms with Crippen molar-refractivity contribution < 1.29 is 23.5 Å². The molecule has 47 heavy (non-hydrogen) atoms. The molecule has 2 aliphatic carbocycles. The van der Waals surface area contributed by atoms with Gasteiger partial charge in [-0.15, -0.1) is 0 Å². The molecule has 0 bridgehead atoms. The van der Waals surface area contributed by atoms with Crippen molar-refractivity contribution in [3.8, 4) is 5.88 Å². The average Bonchev–Trinajstić information content (AvgIpc) is 3.05. The first kappa shape index (κ1) is 32.5. The largest absolute Gasteiger partial charge is 0.444 e. The van der Waals surface area contributed by atoms with Crippen LogP contribution in [0.3, 0.4) is 0 Å². The number of hydrogen-bond acceptors (Lipinski definition) is 8. The molecule has 2 N–H and O–H groups in total. The van der Waals surface area contributed by atoms with Gasteiger partial charge in [0.25, 0.3) is 5.91 Å². The second-order valence-corrected chi connectivity index (χ2v) is 13.6. The lowest BCUT2D eigenvalue weighted by atomic mass is 9.98. The van der Waals surface area contributed by atoms with Gasteiger partial charge in [0.05, 0.1) is 0 Å². The Hall–Kier alpha value is -4.41. The monoisotopic (exact) mass is 644 g/mol. The summed E-state index contributed by atoms with van der Waals surface area (Å²) >= 11 is 0. The van der Waals surface area contributed by atoms with Crippen LogP contribution in [0.1, 0.15) is 72.1 Å². The van der Waals surface area contributed by atoms with Crippen LogP contribution < -0.4 is 30.7 Å². The van der Waals surface area contributed by atoms with Crippen molar-refractivity contribution in [3.63, 3.8) is 0 Å². The average molecular weight is 645 g/mol. The zero-order valence-electron chi connectivity index (χ0n) is 27.6. The van der Waals surface area contributed by atoms with Crippen LogP contribution in [-0.4, -0.2) is 70.9 Å². The lowest BCUT2D eigenvalue weighted by Crippen LogP contribution is -2.46. The lowest BCUT2D eigenvalue weighted by molar-refractivity contribution is -0.116. The molecule has 2 saturated heterocycles.